The third-order valence-corrected chi connectivity index (χ3v) is 4.04. The summed E-state index contributed by atoms with van der Waals surface area (Å²) in [6.07, 6.45) is 2.64. The number of nitrogens with one attached hydrogen (secondary N) is 2. The summed E-state index contributed by atoms with van der Waals surface area (Å²) < 4.78 is 1.02. The maximum Gasteiger partial charge on any atom is 0.315 e. The second-order valence-electron chi connectivity index (χ2n) is 4.95. The fourth-order valence-electron chi connectivity index (χ4n) is 2.33. The smallest absolute Gasteiger partial charge is 0.315 e. The maximum absolute atomic E-state index is 11.6. The molecule has 5 heteroatoms. The molecule has 2 rings (SSSR count). The number of hydrogen-bond acceptors (Lipinski definition) is 2. The van der Waals surface area contributed by atoms with Crippen LogP contribution in [0.5, 0.6) is 0 Å². The first-order valence-corrected chi connectivity index (χ1v) is 7.38. The first-order valence-electron chi connectivity index (χ1n) is 6.59. The quantitative estimate of drug-likeness (QED) is 0.795. The van der Waals surface area contributed by atoms with E-state index < -0.39 is 0 Å². The van der Waals surface area contributed by atoms with Crippen molar-refractivity contribution >= 4 is 22.0 Å². The lowest BCUT2D eigenvalue weighted by atomic mass is 10.1. The Hall–Kier alpha value is -1.07. The lowest BCUT2D eigenvalue weighted by Crippen LogP contribution is -2.39. The molecular formula is C14H19BrN2O2. The van der Waals surface area contributed by atoms with Crippen molar-refractivity contribution in [1.29, 1.82) is 0 Å². The van der Waals surface area contributed by atoms with Crippen molar-refractivity contribution in [3.8, 4) is 0 Å². The molecule has 4 nitrogen and oxygen atoms in total. The van der Waals surface area contributed by atoms with E-state index in [1.54, 1.807) is 0 Å². The normalized spacial score (nSPS) is 22.2. The van der Waals surface area contributed by atoms with E-state index in [0.717, 1.165) is 29.3 Å². The van der Waals surface area contributed by atoms with Gasteiger partial charge in [0.25, 0.3) is 0 Å². The summed E-state index contributed by atoms with van der Waals surface area (Å²) in [6.45, 7) is 1.06. The number of benzene rings is 1. The van der Waals surface area contributed by atoms with Gasteiger partial charge in [-0.1, -0.05) is 34.5 Å². The van der Waals surface area contributed by atoms with Crippen LogP contribution in [0.3, 0.4) is 0 Å². The fourth-order valence-corrected chi connectivity index (χ4v) is 2.59. The Balaban J connectivity index is 1.68. The van der Waals surface area contributed by atoms with Gasteiger partial charge in [-0.3, -0.25) is 0 Å². The van der Waals surface area contributed by atoms with E-state index in [9.17, 15) is 9.90 Å². The molecular weight excluding hydrogens is 308 g/mol. The molecule has 1 saturated carbocycles. The molecule has 0 saturated heterocycles. The van der Waals surface area contributed by atoms with Crippen molar-refractivity contribution in [2.45, 2.75) is 31.9 Å². The van der Waals surface area contributed by atoms with Gasteiger partial charge in [0.15, 0.2) is 0 Å². The zero-order valence-electron chi connectivity index (χ0n) is 10.7. The Morgan fingerprint density at radius 3 is 2.63 bits per heavy atom. The molecule has 19 heavy (non-hydrogen) atoms. The summed E-state index contributed by atoms with van der Waals surface area (Å²) in [5, 5.41) is 15.3. The topological polar surface area (TPSA) is 61.4 Å². The van der Waals surface area contributed by atoms with Gasteiger partial charge in [-0.05, 0) is 30.5 Å². The molecule has 104 valence electrons. The third-order valence-electron chi connectivity index (χ3n) is 3.51. The Bertz CT molecular complexity index is 422. The number of aliphatic hydroxyl groups excluding tert-OH is 1. The highest BCUT2D eigenvalue weighted by Crippen LogP contribution is 2.24. The van der Waals surface area contributed by atoms with Crippen LogP contribution < -0.4 is 10.6 Å². The predicted octanol–water partition coefficient (Wildman–Crippen LogP) is 2.41. The van der Waals surface area contributed by atoms with Gasteiger partial charge in [0.2, 0.25) is 0 Å². The van der Waals surface area contributed by atoms with E-state index in [0.29, 0.717) is 13.1 Å². The number of rotatable bonds is 4. The highest BCUT2D eigenvalue weighted by molar-refractivity contribution is 9.10. The van der Waals surface area contributed by atoms with Crippen LogP contribution in [0.1, 0.15) is 24.8 Å². The summed E-state index contributed by atoms with van der Waals surface area (Å²) in [7, 11) is 0. The minimum Gasteiger partial charge on any atom is -0.393 e. The van der Waals surface area contributed by atoms with Gasteiger partial charge < -0.3 is 15.7 Å². The highest BCUT2D eigenvalue weighted by Gasteiger charge is 2.25. The predicted molar refractivity (Wildman–Crippen MR) is 77.7 cm³/mol. The second kappa shape index (κ2) is 6.91. The van der Waals surface area contributed by atoms with Gasteiger partial charge in [0.1, 0.15) is 0 Å². The lowest BCUT2D eigenvalue weighted by Gasteiger charge is -2.15. The molecule has 2 atom stereocenters. The molecule has 0 heterocycles. The largest absolute Gasteiger partial charge is 0.393 e. The van der Waals surface area contributed by atoms with Crippen LogP contribution in [0.4, 0.5) is 4.79 Å². The standard InChI is InChI=1S/C14H19BrN2O2/c15-12-6-4-10(5-7-12)8-16-14(19)17-9-11-2-1-3-13(11)18/h4-7,11,13,18H,1-3,8-9H2,(H2,16,17,19)/t11-,13+/m1/s1. The van der Waals surface area contributed by atoms with Crippen LogP contribution in [0.25, 0.3) is 0 Å². The summed E-state index contributed by atoms with van der Waals surface area (Å²) in [6, 6.07) is 7.64. The number of hydrogen-bond donors (Lipinski definition) is 3. The molecule has 2 amide bonds. The minimum absolute atomic E-state index is 0.179. The number of aliphatic hydroxyl groups is 1. The number of carbonyl (C=O) groups is 1. The SMILES string of the molecule is O=C(NCc1ccc(Br)cc1)NC[C@H]1CCC[C@@H]1O. The molecule has 0 spiro atoms. The second-order valence-corrected chi connectivity index (χ2v) is 5.86. The molecule has 0 bridgehead atoms. The van der Waals surface area contributed by atoms with Gasteiger partial charge in [0.05, 0.1) is 6.10 Å². The Morgan fingerprint density at radius 2 is 2.00 bits per heavy atom. The van der Waals surface area contributed by atoms with Gasteiger partial charge in [-0.25, -0.2) is 4.79 Å². The average Bonchev–Trinajstić information content (AvgIpc) is 2.81. The average molecular weight is 327 g/mol. The first-order chi connectivity index (χ1) is 9.15. The van der Waals surface area contributed by atoms with E-state index in [-0.39, 0.29) is 18.1 Å². The van der Waals surface area contributed by atoms with Gasteiger partial charge in [0, 0.05) is 23.5 Å². The van der Waals surface area contributed by atoms with Gasteiger partial charge in [-0.15, -0.1) is 0 Å². The monoisotopic (exact) mass is 326 g/mol. The summed E-state index contributed by atoms with van der Waals surface area (Å²) in [5.74, 6) is 0.207. The highest BCUT2D eigenvalue weighted by atomic mass is 79.9. The lowest BCUT2D eigenvalue weighted by molar-refractivity contribution is 0.132. The van der Waals surface area contributed by atoms with E-state index >= 15 is 0 Å². The van der Waals surface area contributed by atoms with E-state index in [1.165, 1.54) is 0 Å². The molecule has 0 aromatic heterocycles. The molecule has 1 aliphatic rings. The van der Waals surface area contributed by atoms with Crippen LogP contribution >= 0.6 is 15.9 Å². The van der Waals surface area contributed by atoms with Gasteiger partial charge in [-0.2, -0.15) is 0 Å². The molecule has 0 radical (unpaired) electrons. The zero-order valence-corrected chi connectivity index (χ0v) is 12.3. The van der Waals surface area contributed by atoms with Crippen molar-refractivity contribution in [1.82, 2.24) is 10.6 Å². The Kier molecular flexibility index (Phi) is 5.22. The fraction of sp³-hybridized carbons (Fsp3) is 0.500. The molecule has 1 aromatic carbocycles. The molecule has 3 N–H and O–H groups in total. The third kappa shape index (κ3) is 4.51. The van der Waals surface area contributed by atoms with Crippen LogP contribution in [-0.4, -0.2) is 23.8 Å². The maximum atomic E-state index is 11.6. The molecule has 1 fully saturated rings. The zero-order chi connectivity index (χ0) is 13.7. The van der Waals surface area contributed by atoms with E-state index in [2.05, 4.69) is 26.6 Å². The van der Waals surface area contributed by atoms with Crippen LogP contribution in [0, 0.1) is 5.92 Å². The van der Waals surface area contributed by atoms with Crippen LogP contribution in [-0.2, 0) is 6.54 Å². The summed E-state index contributed by atoms with van der Waals surface area (Å²) >= 11 is 3.37. The van der Waals surface area contributed by atoms with Crippen LogP contribution in [0.2, 0.25) is 0 Å². The van der Waals surface area contributed by atoms with Crippen molar-refractivity contribution in [2.75, 3.05) is 6.54 Å². The van der Waals surface area contributed by atoms with Gasteiger partial charge >= 0.3 is 6.03 Å². The van der Waals surface area contributed by atoms with Crippen molar-refractivity contribution in [3.63, 3.8) is 0 Å². The minimum atomic E-state index is -0.258. The Morgan fingerprint density at radius 1 is 1.26 bits per heavy atom. The number of urea groups is 1. The number of amides is 2. The first kappa shape index (κ1) is 14.3. The molecule has 0 aliphatic heterocycles. The number of carbonyl (C=O) groups excluding carboxylic acids is 1. The molecule has 0 unspecified atom stereocenters. The number of halogens is 1. The van der Waals surface area contributed by atoms with Crippen LogP contribution in [0.15, 0.2) is 28.7 Å². The molecule has 1 aliphatic carbocycles. The molecule has 1 aromatic rings. The van der Waals surface area contributed by atoms with E-state index in [1.807, 2.05) is 24.3 Å². The summed E-state index contributed by atoms with van der Waals surface area (Å²) in [5.41, 5.74) is 1.05. The van der Waals surface area contributed by atoms with Crippen molar-refractivity contribution in [2.24, 2.45) is 5.92 Å². The van der Waals surface area contributed by atoms with Crippen molar-refractivity contribution in [3.05, 3.63) is 34.3 Å². The van der Waals surface area contributed by atoms with E-state index in [4.69, 9.17) is 0 Å². The Labute approximate surface area is 121 Å². The van der Waals surface area contributed by atoms with Crippen molar-refractivity contribution < 1.29 is 9.90 Å². The summed E-state index contributed by atoms with van der Waals surface area (Å²) in [4.78, 5) is 11.6.